The Kier molecular flexibility index (Phi) is 5.65. The summed E-state index contributed by atoms with van der Waals surface area (Å²) in [7, 11) is 2.23. The van der Waals surface area contributed by atoms with E-state index in [1.165, 1.54) is 11.3 Å². The molecule has 0 saturated heterocycles. The number of carbonyl (C=O) groups is 2. The minimum Gasteiger partial charge on any atom is -0.365 e. The number of urea groups is 1. The quantitative estimate of drug-likeness (QED) is 0.526. The summed E-state index contributed by atoms with van der Waals surface area (Å²) >= 11 is 7.45. The van der Waals surface area contributed by atoms with Gasteiger partial charge in [-0.25, -0.2) is 4.79 Å². The van der Waals surface area contributed by atoms with Gasteiger partial charge < -0.3 is 15.5 Å². The molecule has 0 bridgehead atoms. The normalized spacial score (nSPS) is 24.3. The van der Waals surface area contributed by atoms with E-state index in [-0.39, 0.29) is 11.4 Å². The molecule has 3 rings (SSSR count). The molecule has 0 fully saturated rings. The summed E-state index contributed by atoms with van der Waals surface area (Å²) in [6, 6.07) is 0.0916. The number of allylic oxidation sites excluding steroid dienone is 3. The maximum absolute atomic E-state index is 12.4. The van der Waals surface area contributed by atoms with Gasteiger partial charge in [0.05, 0.1) is 35.5 Å². The predicted octanol–water partition coefficient (Wildman–Crippen LogP) is 3.33. The number of nitrogens with two attached hydrogens (primary N) is 1. The van der Waals surface area contributed by atoms with Gasteiger partial charge in [-0.2, -0.15) is 0 Å². The molecule has 0 spiro atoms. The van der Waals surface area contributed by atoms with E-state index in [0.717, 1.165) is 34.4 Å². The van der Waals surface area contributed by atoms with Gasteiger partial charge in [-0.15, -0.1) is 22.9 Å². The zero-order valence-electron chi connectivity index (χ0n) is 15.8. The molecule has 2 heterocycles. The van der Waals surface area contributed by atoms with Crippen LogP contribution < -0.4 is 16.4 Å². The maximum atomic E-state index is 12.4. The lowest BCUT2D eigenvalue weighted by Crippen LogP contribution is -2.52. The molecule has 1 aliphatic carbocycles. The summed E-state index contributed by atoms with van der Waals surface area (Å²) in [5.74, 6) is -0.495. The first-order chi connectivity index (χ1) is 12.7. The van der Waals surface area contributed by atoms with Crippen LogP contribution in [-0.4, -0.2) is 41.4 Å². The first kappa shape index (κ1) is 19.9. The highest BCUT2D eigenvalue weighted by Crippen LogP contribution is 2.39. The molecule has 6 nitrogen and oxygen atoms in total. The lowest BCUT2D eigenvalue weighted by atomic mass is 9.99. The highest BCUT2D eigenvalue weighted by Gasteiger charge is 2.36. The summed E-state index contributed by atoms with van der Waals surface area (Å²) in [4.78, 5) is 25.6. The topological polar surface area (TPSA) is 84.2 Å². The molecule has 1 aliphatic heterocycles. The van der Waals surface area contributed by atoms with Crippen LogP contribution in [0.3, 0.4) is 0 Å². The van der Waals surface area contributed by atoms with Crippen molar-refractivity contribution in [2.24, 2.45) is 5.73 Å². The average Bonchev–Trinajstić information content (AvgIpc) is 2.93. The third-order valence-corrected chi connectivity index (χ3v) is 6.95. The van der Waals surface area contributed by atoms with E-state index in [0.29, 0.717) is 28.7 Å². The summed E-state index contributed by atoms with van der Waals surface area (Å²) in [6.45, 7) is 6.20. The number of carbonyl (C=O) groups excluding carboxylic acids is 2. The van der Waals surface area contributed by atoms with Crippen LogP contribution in [0.25, 0.3) is 0 Å². The Labute approximate surface area is 168 Å². The van der Waals surface area contributed by atoms with E-state index >= 15 is 0 Å². The number of hydrogen-bond donors (Lipinski definition) is 3. The zero-order valence-corrected chi connectivity index (χ0v) is 17.4. The highest BCUT2D eigenvalue weighted by atomic mass is 35.5. The van der Waals surface area contributed by atoms with Crippen LogP contribution in [0.4, 0.5) is 9.80 Å². The monoisotopic (exact) mass is 409 g/mol. The van der Waals surface area contributed by atoms with Crippen molar-refractivity contribution in [2.75, 3.05) is 18.9 Å². The number of rotatable bonds is 4. The molecule has 2 aliphatic rings. The number of thiophene rings is 1. The number of alkyl halides is 1. The molecule has 0 aromatic carbocycles. The zero-order chi connectivity index (χ0) is 19.8. The molecule has 8 heteroatoms. The van der Waals surface area contributed by atoms with Gasteiger partial charge in [0.25, 0.3) is 5.91 Å². The third kappa shape index (κ3) is 4.20. The van der Waals surface area contributed by atoms with Gasteiger partial charge in [-0.05, 0) is 31.9 Å². The average molecular weight is 410 g/mol. The van der Waals surface area contributed by atoms with E-state index in [1.54, 1.807) is 6.08 Å². The summed E-state index contributed by atoms with van der Waals surface area (Å²) < 4.78 is 0.911. The second-order valence-corrected chi connectivity index (χ2v) is 9.29. The molecule has 0 saturated carbocycles. The fraction of sp³-hybridized carbons (Fsp3) is 0.474. The Balaban J connectivity index is 1.80. The Hall–Kier alpha value is -1.83. The standard InChI is InChI=1S/C19H25ClN4O2S/c1-11(2)24(3)9-8-14-15(10-24)27-18(16(14)17(21)25)23-19(26)22-13-6-4-12(20)5-7-13/h4,6-7,11-12H,5,8-10H2,1-3H3,(H3-,21,22,23,25,26)/p+1. The fourth-order valence-corrected chi connectivity index (χ4v) is 4.99. The SMILES string of the molecule is CC(C)[N+]1(C)CCc2c(sc(NC(=O)NC3=CCC(Cl)C=C3)c2C(N)=O)C1. The van der Waals surface area contributed by atoms with Crippen molar-refractivity contribution in [1.29, 1.82) is 0 Å². The molecule has 27 heavy (non-hydrogen) atoms. The van der Waals surface area contributed by atoms with Crippen LogP contribution in [0.1, 0.15) is 41.1 Å². The number of anilines is 1. The van der Waals surface area contributed by atoms with Crippen LogP contribution in [0.5, 0.6) is 0 Å². The molecule has 2 atom stereocenters. The largest absolute Gasteiger partial charge is 0.365 e. The van der Waals surface area contributed by atoms with E-state index in [2.05, 4.69) is 31.5 Å². The second kappa shape index (κ2) is 7.66. The molecule has 2 unspecified atom stereocenters. The van der Waals surface area contributed by atoms with Crippen molar-refractivity contribution >= 4 is 39.9 Å². The molecule has 0 radical (unpaired) electrons. The first-order valence-electron chi connectivity index (χ1n) is 9.08. The van der Waals surface area contributed by atoms with E-state index < -0.39 is 5.91 Å². The number of nitrogens with one attached hydrogen (secondary N) is 2. The van der Waals surface area contributed by atoms with Gasteiger partial charge in [-0.1, -0.05) is 12.2 Å². The molecule has 1 aromatic rings. The van der Waals surface area contributed by atoms with Gasteiger partial charge >= 0.3 is 6.03 Å². The molecular weight excluding hydrogens is 384 g/mol. The van der Waals surface area contributed by atoms with Gasteiger partial charge in [-0.3, -0.25) is 10.1 Å². The molecule has 146 valence electrons. The number of hydrogen-bond acceptors (Lipinski definition) is 3. The number of nitrogens with zero attached hydrogens (tertiary/aromatic N) is 1. The fourth-order valence-electron chi connectivity index (χ4n) is 3.42. The molecular formula is C19H26ClN4O2S+. The van der Waals surface area contributed by atoms with Gasteiger partial charge in [0.2, 0.25) is 0 Å². The highest BCUT2D eigenvalue weighted by molar-refractivity contribution is 7.17. The predicted molar refractivity (Wildman–Crippen MR) is 110 cm³/mol. The second-order valence-electron chi connectivity index (χ2n) is 7.63. The minimum absolute atomic E-state index is 0.0440. The van der Waals surface area contributed by atoms with Gasteiger partial charge in [0.1, 0.15) is 11.5 Å². The van der Waals surface area contributed by atoms with Crippen molar-refractivity contribution < 1.29 is 14.1 Å². The van der Waals surface area contributed by atoms with E-state index in [9.17, 15) is 9.59 Å². The Morgan fingerprint density at radius 2 is 2.11 bits per heavy atom. The number of primary amides is 1. The Morgan fingerprint density at radius 1 is 1.37 bits per heavy atom. The van der Waals surface area contributed by atoms with Crippen molar-refractivity contribution in [3.8, 4) is 0 Å². The van der Waals surface area contributed by atoms with Crippen molar-refractivity contribution in [3.63, 3.8) is 0 Å². The summed E-state index contributed by atoms with van der Waals surface area (Å²) in [5, 5.41) is 6.08. The summed E-state index contributed by atoms with van der Waals surface area (Å²) in [6.07, 6.45) is 6.94. The van der Waals surface area contributed by atoms with E-state index in [1.807, 2.05) is 12.2 Å². The molecule has 3 amide bonds. The summed E-state index contributed by atoms with van der Waals surface area (Å²) in [5.41, 5.74) is 7.77. The van der Waals surface area contributed by atoms with Crippen molar-refractivity contribution in [1.82, 2.24) is 5.32 Å². The smallest absolute Gasteiger partial charge is 0.324 e. The number of halogens is 1. The first-order valence-corrected chi connectivity index (χ1v) is 10.3. The van der Waals surface area contributed by atoms with Crippen molar-refractivity contribution in [3.05, 3.63) is 39.9 Å². The Bertz CT molecular complexity index is 830. The van der Waals surface area contributed by atoms with Crippen LogP contribution in [0, 0.1) is 0 Å². The van der Waals surface area contributed by atoms with E-state index in [4.69, 9.17) is 17.3 Å². The van der Waals surface area contributed by atoms with Crippen LogP contribution in [0.15, 0.2) is 23.9 Å². The van der Waals surface area contributed by atoms with Gasteiger partial charge in [0.15, 0.2) is 0 Å². The molecule has 1 aromatic heterocycles. The number of likely N-dealkylation sites (N-methyl/N-ethyl adjacent to an activating group) is 1. The lowest BCUT2D eigenvalue weighted by molar-refractivity contribution is -0.943. The Morgan fingerprint density at radius 3 is 2.70 bits per heavy atom. The van der Waals surface area contributed by atoms with Crippen LogP contribution in [0.2, 0.25) is 0 Å². The third-order valence-electron chi connectivity index (χ3n) is 5.49. The van der Waals surface area contributed by atoms with Crippen LogP contribution >= 0.6 is 22.9 Å². The lowest BCUT2D eigenvalue weighted by Gasteiger charge is -2.41. The molecule has 4 N–H and O–H groups in total. The van der Waals surface area contributed by atoms with Crippen molar-refractivity contribution in [2.45, 2.75) is 44.7 Å². The van der Waals surface area contributed by atoms with Gasteiger partial charge in [0, 0.05) is 12.1 Å². The maximum Gasteiger partial charge on any atom is 0.324 e. The number of amides is 3. The van der Waals surface area contributed by atoms with Crippen LogP contribution in [-0.2, 0) is 13.0 Å². The minimum atomic E-state index is -0.495. The number of fused-ring (bicyclic) bond motifs is 1. The number of quaternary nitrogens is 1.